The highest BCUT2D eigenvalue weighted by Crippen LogP contribution is 2.27. The molecular weight excluding hydrogens is 364 g/mol. The molecule has 0 saturated carbocycles. The van der Waals surface area contributed by atoms with Crippen LogP contribution in [-0.4, -0.2) is 55.5 Å². The molecule has 0 aliphatic carbocycles. The summed E-state index contributed by atoms with van der Waals surface area (Å²) in [7, 11) is -3.59. The molecule has 1 amide bonds. The second-order valence-electron chi connectivity index (χ2n) is 7.79. The Morgan fingerprint density at radius 3 is 2.19 bits per heavy atom. The van der Waals surface area contributed by atoms with Crippen molar-refractivity contribution < 1.29 is 18.0 Å². The molecule has 7 heteroatoms. The maximum atomic E-state index is 12.8. The Morgan fingerprint density at radius 2 is 1.63 bits per heavy atom. The number of hydrogen-bond acceptors (Lipinski definition) is 4. The van der Waals surface area contributed by atoms with Gasteiger partial charge in [0.2, 0.25) is 15.9 Å². The lowest BCUT2D eigenvalue weighted by molar-refractivity contribution is -0.138. The molecule has 0 bridgehead atoms. The van der Waals surface area contributed by atoms with Crippen molar-refractivity contribution in [2.24, 2.45) is 11.8 Å². The molecule has 2 fully saturated rings. The van der Waals surface area contributed by atoms with E-state index in [4.69, 9.17) is 0 Å². The monoisotopic (exact) mass is 392 g/mol. The molecule has 0 N–H and O–H groups in total. The summed E-state index contributed by atoms with van der Waals surface area (Å²) in [6.45, 7) is 5.98. The van der Waals surface area contributed by atoms with Crippen molar-refractivity contribution >= 4 is 21.7 Å². The number of hydrogen-bond donors (Lipinski definition) is 0. The minimum Gasteiger partial charge on any atom is -0.342 e. The summed E-state index contributed by atoms with van der Waals surface area (Å²) in [5.74, 6) is 0.553. The number of carbonyl (C=O) groups excluding carboxylic acids is 2. The standard InChI is InChI=1S/C20H28N2O4S/c1-15-4-3-11-21(14-15)20(24)18-9-12-22(13-10-18)27(25,26)19-7-5-17(6-8-19)16(2)23/h5-8,15,18H,3-4,9-14H2,1-2H3/t15-/m0/s1. The van der Waals surface area contributed by atoms with Gasteiger partial charge in [0.25, 0.3) is 0 Å². The lowest BCUT2D eigenvalue weighted by Gasteiger charge is -2.36. The summed E-state index contributed by atoms with van der Waals surface area (Å²) in [4.78, 5) is 26.3. The van der Waals surface area contributed by atoms with E-state index in [1.807, 2.05) is 4.90 Å². The molecule has 0 radical (unpaired) electrons. The van der Waals surface area contributed by atoms with E-state index in [9.17, 15) is 18.0 Å². The predicted octanol–water partition coefficient (Wildman–Crippen LogP) is 2.55. The SMILES string of the molecule is CC(=O)c1ccc(S(=O)(=O)N2CCC(C(=O)N3CCC[C@H](C)C3)CC2)cc1. The first kappa shape index (κ1) is 20.0. The maximum absolute atomic E-state index is 12.8. The molecule has 27 heavy (non-hydrogen) atoms. The van der Waals surface area contributed by atoms with E-state index in [2.05, 4.69) is 6.92 Å². The molecule has 2 heterocycles. The summed E-state index contributed by atoms with van der Waals surface area (Å²) in [6.07, 6.45) is 3.35. The molecule has 0 unspecified atom stereocenters. The van der Waals surface area contributed by atoms with Crippen molar-refractivity contribution in [1.29, 1.82) is 0 Å². The Morgan fingerprint density at radius 1 is 1.00 bits per heavy atom. The molecule has 1 aromatic rings. The van der Waals surface area contributed by atoms with Gasteiger partial charge < -0.3 is 4.90 Å². The summed E-state index contributed by atoms with van der Waals surface area (Å²) < 4.78 is 27.1. The van der Waals surface area contributed by atoms with E-state index in [0.717, 1.165) is 19.5 Å². The smallest absolute Gasteiger partial charge is 0.243 e. The third kappa shape index (κ3) is 4.41. The fourth-order valence-corrected chi connectivity index (χ4v) is 5.47. The van der Waals surface area contributed by atoms with Crippen LogP contribution in [0.15, 0.2) is 29.2 Å². The molecule has 3 rings (SSSR count). The van der Waals surface area contributed by atoms with Crippen LogP contribution in [0.2, 0.25) is 0 Å². The summed E-state index contributed by atoms with van der Waals surface area (Å²) in [6, 6.07) is 6.06. The molecule has 0 aromatic heterocycles. The van der Waals surface area contributed by atoms with E-state index < -0.39 is 10.0 Å². The molecular formula is C20H28N2O4S. The number of sulfonamides is 1. The van der Waals surface area contributed by atoms with E-state index >= 15 is 0 Å². The minimum absolute atomic E-state index is 0.0816. The number of likely N-dealkylation sites (tertiary alicyclic amines) is 1. The van der Waals surface area contributed by atoms with E-state index in [-0.39, 0.29) is 22.5 Å². The van der Waals surface area contributed by atoms with Gasteiger partial charge in [-0.3, -0.25) is 9.59 Å². The van der Waals surface area contributed by atoms with Gasteiger partial charge >= 0.3 is 0 Å². The zero-order valence-electron chi connectivity index (χ0n) is 16.1. The minimum atomic E-state index is -3.59. The molecule has 1 atom stereocenters. The number of carbonyl (C=O) groups is 2. The number of Topliss-reactive ketones (excluding diaryl/α,β-unsaturated/α-hetero) is 1. The van der Waals surface area contributed by atoms with Crippen molar-refractivity contribution in [2.75, 3.05) is 26.2 Å². The van der Waals surface area contributed by atoms with Crippen molar-refractivity contribution in [3.8, 4) is 0 Å². The highest BCUT2D eigenvalue weighted by molar-refractivity contribution is 7.89. The number of piperidine rings is 2. The van der Waals surface area contributed by atoms with Gasteiger partial charge in [0.15, 0.2) is 5.78 Å². The van der Waals surface area contributed by atoms with Crippen molar-refractivity contribution in [3.63, 3.8) is 0 Å². The molecule has 2 aliphatic rings. The number of rotatable bonds is 4. The van der Waals surface area contributed by atoms with Gasteiger partial charge in [-0.25, -0.2) is 8.42 Å². The number of nitrogens with zero attached hydrogens (tertiary/aromatic N) is 2. The molecule has 2 aliphatic heterocycles. The van der Waals surface area contributed by atoms with Crippen LogP contribution in [-0.2, 0) is 14.8 Å². The Kier molecular flexibility index (Phi) is 6.01. The van der Waals surface area contributed by atoms with Gasteiger partial charge in [-0.1, -0.05) is 19.1 Å². The Hall–Kier alpha value is -1.73. The zero-order chi connectivity index (χ0) is 19.6. The topological polar surface area (TPSA) is 74.8 Å². The van der Waals surface area contributed by atoms with Gasteiger partial charge in [0, 0.05) is 37.7 Å². The summed E-state index contributed by atoms with van der Waals surface area (Å²) >= 11 is 0. The maximum Gasteiger partial charge on any atom is 0.243 e. The largest absolute Gasteiger partial charge is 0.342 e. The van der Waals surface area contributed by atoms with Crippen LogP contribution in [0.4, 0.5) is 0 Å². The molecule has 0 spiro atoms. The molecule has 1 aromatic carbocycles. The lowest BCUT2D eigenvalue weighted by Crippen LogP contribution is -2.46. The predicted molar refractivity (Wildman–Crippen MR) is 103 cm³/mol. The van der Waals surface area contributed by atoms with Crippen LogP contribution in [0.5, 0.6) is 0 Å². The van der Waals surface area contributed by atoms with Crippen LogP contribution in [0.25, 0.3) is 0 Å². The van der Waals surface area contributed by atoms with Crippen LogP contribution >= 0.6 is 0 Å². The van der Waals surface area contributed by atoms with Gasteiger partial charge in [-0.15, -0.1) is 0 Å². The Labute approximate surface area is 161 Å². The van der Waals surface area contributed by atoms with Gasteiger partial charge in [0.05, 0.1) is 4.90 Å². The highest BCUT2D eigenvalue weighted by Gasteiger charge is 2.34. The summed E-state index contributed by atoms with van der Waals surface area (Å²) in [5.41, 5.74) is 0.494. The van der Waals surface area contributed by atoms with Crippen molar-refractivity contribution in [1.82, 2.24) is 9.21 Å². The first-order valence-electron chi connectivity index (χ1n) is 9.69. The lowest BCUT2D eigenvalue weighted by atomic mass is 9.93. The van der Waals surface area contributed by atoms with Gasteiger partial charge in [-0.05, 0) is 50.7 Å². The quantitative estimate of drug-likeness (QED) is 0.738. The number of amides is 1. The first-order valence-corrected chi connectivity index (χ1v) is 11.1. The number of ketones is 1. The highest BCUT2D eigenvalue weighted by atomic mass is 32.2. The number of benzene rings is 1. The Balaban J connectivity index is 1.62. The van der Waals surface area contributed by atoms with Crippen LogP contribution in [0.3, 0.4) is 0 Å². The van der Waals surface area contributed by atoms with Gasteiger partial charge in [0.1, 0.15) is 0 Å². The van der Waals surface area contributed by atoms with Crippen LogP contribution in [0.1, 0.15) is 49.9 Å². The zero-order valence-corrected chi connectivity index (χ0v) is 16.9. The van der Waals surface area contributed by atoms with Gasteiger partial charge in [-0.2, -0.15) is 4.31 Å². The fraction of sp³-hybridized carbons (Fsp3) is 0.600. The third-order valence-electron chi connectivity index (χ3n) is 5.67. The first-order chi connectivity index (χ1) is 12.8. The van der Waals surface area contributed by atoms with Crippen LogP contribution < -0.4 is 0 Å². The fourth-order valence-electron chi connectivity index (χ4n) is 4.00. The Bertz CT molecular complexity index is 796. The van der Waals surface area contributed by atoms with E-state index in [1.165, 1.54) is 29.8 Å². The summed E-state index contributed by atoms with van der Waals surface area (Å²) in [5, 5.41) is 0. The normalized spacial score (nSPS) is 22.6. The second kappa shape index (κ2) is 8.10. The molecule has 2 saturated heterocycles. The average molecular weight is 393 g/mol. The van der Waals surface area contributed by atoms with E-state index in [1.54, 1.807) is 12.1 Å². The average Bonchev–Trinajstić information content (AvgIpc) is 2.67. The van der Waals surface area contributed by atoms with Crippen molar-refractivity contribution in [3.05, 3.63) is 29.8 Å². The van der Waals surface area contributed by atoms with E-state index in [0.29, 0.717) is 37.4 Å². The molecule has 148 valence electrons. The molecule has 6 nitrogen and oxygen atoms in total. The second-order valence-corrected chi connectivity index (χ2v) is 9.73. The van der Waals surface area contributed by atoms with Crippen LogP contribution in [0, 0.1) is 11.8 Å². The third-order valence-corrected chi connectivity index (χ3v) is 7.58. The van der Waals surface area contributed by atoms with Crippen molar-refractivity contribution in [2.45, 2.75) is 44.4 Å².